The Kier molecular flexibility index (Phi) is 5.04. The first-order chi connectivity index (χ1) is 17.2. The highest BCUT2D eigenvalue weighted by Crippen LogP contribution is 2.53. The number of hydrogen-bond acceptors (Lipinski definition) is 5. The molecule has 1 aliphatic carbocycles. The fourth-order valence-corrected chi connectivity index (χ4v) is 6.32. The normalized spacial score (nSPS) is 25.8. The Labute approximate surface area is 210 Å². The molecule has 0 bridgehead atoms. The van der Waals surface area contributed by atoms with Crippen molar-refractivity contribution in [2.24, 2.45) is 5.92 Å². The number of rotatable bonds is 3. The van der Waals surface area contributed by atoms with Crippen molar-refractivity contribution >= 4 is 16.5 Å². The van der Waals surface area contributed by atoms with E-state index in [0.29, 0.717) is 11.3 Å². The maximum atomic E-state index is 11.3. The van der Waals surface area contributed by atoms with E-state index in [1.165, 1.54) is 21.0 Å². The van der Waals surface area contributed by atoms with E-state index in [1.807, 2.05) is 43.5 Å². The van der Waals surface area contributed by atoms with Crippen molar-refractivity contribution in [3.05, 3.63) is 95.3 Å². The van der Waals surface area contributed by atoms with Crippen LogP contribution in [0.2, 0.25) is 0 Å². The number of para-hydroxylation sites is 1. The second kappa shape index (κ2) is 7.95. The van der Waals surface area contributed by atoms with E-state index in [9.17, 15) is 15.3 Å². The van der Waals surface area contributed by atoms with Gasteiger partial charge in [0.05, 0.1) is 23.6 Å². The predicted molar refractivity (Wildman–Crippen MR) is 142 cm³/mol. The first-order valence-electron chi connectivity index (χ1n) is 12.4. The molecule has 4 aromatic rings. The van der Waals surface area contributed by atoms with Crippen LogP contribution in [0.1, 0.15) is 36.6 Å². The molecule has 6 heteroatoms. The summed E-state index contributed by atoms with van der Waals surface area (Å²) in [5.74, 6) is -1.10. The standard InChI is InChI=1S/C30H31N3O3/c1-17-24(29(36)33(31-17)19-11-6-5-7-12-19)25-27(34)21(28(25)35)16-23-30(2,3)26-20-13-9-8-10-18(20)14-15-22(26)32(23)4/h5-16,21,25,27-28,34-36H,1-4H3/b23-16+. The summed E-state index contributed by atoms with van der Waals surface area (Å²) in [5.41, 5.74) is 4.98. The lowest BCUT2D eigenvalue weighted by atomic mass is 9.64. The molecule has 3 N–H and O–H groups in total. The highest BCUT2D eigenvalue weighted by molar-refractivity contribution is 5.94. The maximum Gasteiger partial charge on any atom is 0.218 e. The Balaban J connectivity index is 1.35. The molecule has 1 aliphatic heterocycles. The third-order valence-electron chi connectivity index (χ3n) is 8.19. The number of benzene rings is 3. The number of aryl methyl sites for hydroxylation is 1. The summed E-state index contributed by atoms with van der Waals surface area (Å²) in [6, 6.07) is 22.1. The second-order valence-electron chi connectivity index (χ2n) is 10.6. The molecule has 2 heterocycles. The van der Waals surface area contributed by atoms with E-state index in [0.717, 1.165) is 17.1 Å². The first-order valence-corrected chi connectivity index (χ1v) is 12.4. The molecule has 0 radical (unpaired) electrons. The molecule has 2 atom stereocenters. The number of allylic oxidation sites excluding steroid dienone is 1. The zero-order valence-corrected chi connectivity index (χ0v) is 20.9. The predicted octanol–water partition coefficient (Wildman–Crippen LogP) is 4.79. The quantitative estimate of drug-likeness (QED) is 0.392. The largest absolute Gasteiger partial charge is 0.493 e. The SMILES string of the molecule is Cc1nn(-c2ccccc2)c(O)c1C1C(O)C(/C=C2/N(C)c3ccc4ccccc4c3C2(C)C)C1O. The van der Waals surface area contributed by atoms with Gasteiger partial charge < -0.3 is 20.2 Å². The van der Waals surface area contributed by atoms with Gasteiger partial charge in [-0.25, -0.2) is 4.68 Å². The number of hydrogen-bond donors (Lipinski definition) is 3. The number of aromatic nitrogens is 2. The number of anilines is 1. The van der Waals surface area contributed by atoms with Gasteiger partial charge in [-0.3, -0.25) is 0 Å². The smallest absolute Gasteiger partial charge is 0.218 e. The maximum absolute atomic E-state index is 11.3. The van der Waals surface area contributed by atoms with E-state index >= 15 is 0 Å². The summed E-state index contributed by atoms with van der Waals surface area (Å²) in [6.07, 6.45) is 0.347. The second-order valence-corrected chi connectivity index (χ2v) is 10.6. The lowest BCUT2D eigenvalue weighted by molar-refractivity contribution is -0.0955. The van der Waals surface area contributed by atoms with Crippen molar-refractivity contribution in [1.82, 2.24) is 9.78 Å². The number of likely N-dealkylation sites (N-methyl/N-ethyl adjacent to an activating group) is 1. The highest BCUT2D eigenvalue weighted by atomic mass is 16.3. The van der Waals surface area contributed by atoms with E-state index in [2.05, 4.69) is 60.2 Å². The van der Waals surface area contributed by atoms with Crippen LogP contribution in [-0.2, 0) is 5.41 Å². The highest BCUT2D eigenvalue weighted by Gasteiger charge is 2.52. The number of aliphatic hydroxyl groups is 2. The lowest BCUT2D eigenvalue weighted by Gasteiger charge is -2.46. The van der Waals surface area contributed by atoms with Crippen molar-refractivity contribution in [3.8, 4) is 11.6 Å². The summed E-state index contributed by atoms with van der Waals surface area (Å²) >= 11 is 0. The van der Waals surface area contributed by atoms with E-state index in [1.54, 1.807) is 6.92 Å². The van der Waals surface area contributed by atoms with Crippen LogP contribution in [0, 0.1) is 12.8 Å². The van der Waals surface area contributed by atoms with Gasteiger partial charge in [0.1, 0.15) is 0 Å². The molecule has 0 spiro atoms. The average Bonchev–Trinajstić information content (AvgIpc) is 3.27. The molecule has 0 amide bonds. The summed E-state index contributed by atoms with van der Waals surface area (Å²) in [4.78, 5) is 2.17. The van der Waals surface area contributed by atoms with Crippen LogP contribution in [0.3, 0.4) is 0 Å². The fraction of sp³-hybridized carbons (Fsp3) is 0.300. The Hall–Kier alpha value is -3.61. The van der Waals surface area contributed by atoms with Crippen molar-refractivity contribution in [1.29, 1.82) is 0 Å². The van der Waals surface area contributed by atoms with Gasteiger partial charge in [0, 0.05) is 41.2 Å². The molecule has 1 fully saturated rings. The van der Waals surface area contributed by atoms with Crippen LogP contribution in [0.15, 0.2) is 78.5 Å². The number of nitrogens with zero attached hydrogens (tertiary/aromatic N) is 3. The van der Waals surface area contributed by atoms with Crippen LogP contribution in [0.5, 0.6) is 5.88 Å². The fourth-order valence-electron chi connectivity index (χ4n) is 6.32. The molecule has 2 aliphatic rings. The summed E-state index contributed by atoms with van der Waals surface area (Å²) in [7, 11) is 2.04. The summed E-state index contributed by atoms with van der Waals surface area (Å²) < 4.78 is 1.46. The third-order valence-corrected chi connectivity index (χ3v) is 8.19. The average molecular weight is 482 g/mol. The number of fused-ring (bicyclic) bond motifs is 3. The Morgan fingerprint density at radius 2 is 1.58 bits per heavy atom. The Bertz CT molecular complexity index is 1490. The molecule has 0 saturated heterocycles. The van der Waals surface area contributed by atoms with Crippen molar-refractivity contribution in [2.75, 3.05) is 11.9 Å². The zero-order valence-electron chi connectivity index (χ0n) is 20.9. The van der Waals surface area contributed by atoms with Crippen LogP contribution in [0.4, 0.5) is 5.69 Å². The minimum Gasteiger partial charge on any atom is -0.493 e. The zero-order chi connectivity index (χ0) is 25.4. The lowest BCUT2D eigenvalue weighted by Crippen LogP contribution is -2.53. The van der Waals surface area contributed by atoms with E-state index < -0.39 is 24.0 Å². The summed E-state index contributed by atoms with van der Waals surface area (Å²) in [5, 5.41) is 40.4. The van der Waals surface area contributed by atoms with Crippen LogP contribution in [0.25, 0.3) is 16.5 Å². The minimum atomic E-state index is -0.838. The summed E-state index contributed by atoms with van der Waals surface area (Å²) in [6.45, 7) is 6.19. The third kappa shape index (κ3) is 3.08. The van der Waals surface area contributed by atoms with E-state index in [-0.39, 0.29) is 11.3 Å². The van der Waals surface area contributed by atoms with E-state index in [4.69, 9.17) is 0 Å². The molecule has 6 rings (SSSR count). The number of aromatic hydroxyl groups is 1. The number of aliphatic hydroxyl groups excluding tert-OH is 2. The molecule has 1 saturated carbocycles. The van der Waals surface area contributed by atoms with Crippen LogP contribution >= 0.6 is 0 Å². The van der Waals surface area contributed by atoms with Gasteiger partial charge in [0.25, 0.3) is 0 Å². The van der Waals surface area contributed by atoms with Gasteiger partial charge in [0.2, 0.25) is 5.88 Å². The Morgan fingerprint density at radius 1 is 0.917 bits per heavy atom. The molecule has 1 aromatic heterocycles. The molecular formula is C30H31N3O3. The molecule has 6 nitrogen and oxygen atoms in total. The minimum absolute atomic E-state index is 0.0370. The topological polar surface area (TPSA) is 81.8 Å². The van der Waals surface area contributed by atoms with Gasteiger partial charge in [-0.05, 0) is 41.5 Å². The van der Waals surface area contributed by atoms with Gasteiger partial charge in [-0.1, -0.05) is 68.5 Å². The molecular weight excluding hydrogens is 450 g/mol. The monoisotopic (exact) mass is 481 g/mol. The van der Waals surface area contributed by atoms with Crippen LogP contribution in [-0.4, -0.2) is 44.4 Å². The van der Waals surface area contributed by atoms with Crippen molar-refractivity contribution in [2.45, 2.75) is 44.3 Å². The van der Waals surface area contributed by atoms with Crippen molar-refractivity contribution < 1.29 is 15.3 Å². The first kappa shape index (κ1) is 22.8. The molecule has 36 heavy (non-hydrogen) atoms. The van der Waals surface area contributed by atoms with Crippen LogP contribution < -0.4 is 4.90 Å². The molecule has 184 valence electrons. The molecule has 3 aromatic carbocycles. The van der Waals surface area contributed by atoms with Gasteiger partial charge >= 0.3 is 0 Å². The van der Waals surface area contributed by atoms with Crippen molar-refractivity contribution in [3.63, 3.8) is 0 Å². The van der Waals surface area contributed by atoms with Gasteiger partial charge in [-0.15, -0.1) is 0 Å². The van der Waals surface area contributed by atoms with Gasteiger partial charge in [-0.2, -0.15) is 5.10 Å². The molecule has 2 unspecified atom stereocenters. The van der Waals surface area contributed by atoms with Gasteiger partial charge in [0.15, 0.2) is 0 Å². The Morgan fingerprint density at radius 3 is 2.31 bits per heavy atom.